The van der Waals surface area contributed by atoms with E-state index in [9.17, 15) is 0 Å². The molecule has 1 rings (SSSR count). The van der Waals surface area contributed by atoms with Crippen LogP contribution in [0.25, 0.3) is 0 Å². The summed E-state index contributed by atoms with van der Waals surface area (Å²) in [6, 6.07) is 0. The lowest BCUT2D eigenvalue weighted by Gasteiger charge is -2.10. The molecule has 0 aliphatic rings. The number of hydrogen-bond donors (Lipinski definition) is 0. The molecule has 0 spiro atoms. The molecule has 0 aromatic carbocycles. The Morgan fingerprint density at radius 1 is 1.27 bits per heavy atom. The van der Waals surface area contributed by atoms with Gasteiger partial charge in [0.25, 0.3) is 5.22 Å². The summed E-state index contributed by atoms with van der Waals surface area (Å²) in [4.78, 5) is 0. The molecule has 0 bridgehead atoms. The van der Waals surface area contributed by atoms with Gasteiger partial charge in [-0.2, -0.15) is 0 Å². The van der Waals surface area contributed by atoms with Crippen molar-refractivity contribution in [1.29, 1.82) is 0 Å². The first-order chi connectivity index (χ1) is 5.04. The highest BCUT2D eigenvalue weighted by Gasteiger charge is 2.20. The highest BCUT2D eigenvalue weighted by molar-refractivity contribution is 7.98. The van der Waals surface area contributed by atoms with E-state index >= 15 is 0 Å². The van der Waals surface area contributed by atoms with Crippen LogP contribution in [-0.2, 0) is 5.41 Å². The standard InChI is InChI=1S/C7H12N2OS/c1-7(2,3)5-8-9-6(10-5)11-4/h1-4H3. The first-order valence-corrected chi connectivity index (χ1v) is 4.64. The molecule has 0 aliphatic heterocycles. The smallest absolute Gasteiger partial charge is 0.276 e. The van der Waals surface area contributed by atoms with Crippen molar-refractivity contribution in [2.75, 3.05) is 6.26 Å². The summed E-state index contributed by atoms with van der Waals surface area (Å²) in [6.07, 6.45) is 1.92. The van der Waals surface area contributed by atoms with Crippen molar-refractivity contribution in [1.82, 2.24) is 10.2 Å². The van der Waals surface area contributed by atoms with Crippen LogP contribution in [0.2, 0.25) is 0 Å². The van der Waals surface area contributed by atoms with E-state index in [0.717, 1.165) is 0 Å². The van der Waals surface area contributed by atoms with Crippen LogP contribution >= 0.6 is 11.8 Å². The van der Waals surface area contributed by atoms with Gasteiger partial charge >= 0.3 is 0 Å². The topological polar surface area (TPSA) is 38.9 Å². The molecule has 0 atom stereocenters. The minimum atomic E-state index is -0.0407. The summed E-state index contributed by atoms with van der Waals surface area (Å²) >= 11 is 1.47. The molecule has 0 saturated carbocycles. The second kappa shape index (κ2) is 2.85. The van der Waals surface area contributed by atoms with Crippen LogP contribution in [-0.4, -0.2) is 16.5 Å². The van der Waals surface area contributed by atoms with Gasteiger partial charge in [-0.1, -0.05) is 32.5 Å². The van der Waals surface area contributed by atoms with Gasteiger partial charge in [-0.3, -0.25) is 0 Å². The van der Waals surface area contributed by atoms with Crippen molar-refractivity contribution in [3.05, 3.63) is 5.89 Å². The summed E-state index contributed by atoms with van der Waals surface area (Å²) in [5, 5.41) is 8.40. The fourth-order valence-electron chi connectivity index (χ4n) is 0.595. The lowest BCUT2D eigenvalue weighted by atomic mass is 9.97. The van der Waals surface area contributed by atoms with E-state index in [4.69, 9.17) is 4.42 Å². The lowest BCUT2D eigenvalue weighted by Crippen LogP contribution is -2.11. The third-order valence-corrected chi connectivity index (χ3v) is 1.74. The Balaban J connectivity index is 2.89. The van der Waals surface area contributed by atoms with Gasteiger partial charge in [0.1, 0.15) is 0 Å². The fourth-order valence-corrected chi connectivity index (χ4v) is 0.880. The molecule has 0 amide bonds. The number of hydrogen-bond acceptors (Lipinski definition) is 4. The van der Waals surface area contributed by atoms with Crippen LogP contribution in [0.5, 0.6) is 0 Å². The van der Waals surface area contributed by atoms with Gasteiger partial charge in [-0.15, -0.1) is 10.2 Å². The lowest BCUT2D eigenvalue weighted by molar-refractivity contribution is 0.347. The first kappa shape index (κ1) is 8.59. The maximum atomic E-state index is 5.34. The average molecular weight is 172 g/mol. The molecule has 11 heavy (non-hydrogen) atoms. The Morgan fingerprint density at radius 2 is 1.91 bits per heavy atom. The Morgan fingerprint density at radius 3 is 2.18 bits per heavy atom. The van der Waals surface area contributed by atoms with Crippen LogP contribution in [0.3, 0.4) is 0 Å². The quantitative estimate of drug-likeness (QED) is 0.608. The molecule has 0 unspecified atom stereocenters. The highest BCUT2D eigenvalue weighted by Crippen LogP contribution is 2.22. The molecule has 0 N–H and O–H groups in total. The van der Waals surface area contributed by atoms with Crippen LogP contribution in [0.1, 0.15) is 26.7 Å². The maximum Gasteiger partial charge on any atom is 0.276 e. The minimum Gasteiger partial charge on any atom is -0.415 e. The second-order valence-electron chi connectivity index (χ2n) is 3.33. The highest BCUT2D eigenvalue weighted by atomic mass is 32.2. The molecule has 1 heterocycles. The molecule has 3 nitrogen and oxygen atoms in total. The Labute approximate surface area is 70.6 Å². The predicted molar refractivity (Wildman–Crippen MR) is 44.8 cm³/mol. The van der Waals surface area contributed by atoms with E-state index in [0.29, 0.717) is 11.1 Å². The van der Waals surface area contributed by atoms with Crippen LogP contribution < -0.4 is 0 Å². The van der Waals surface area contributed by atoms with E-state index < -0.39 is 0 Å². The zero-order valence-electron chi connectivity index (χ0n) is 7.21. The average Bonchev–Trinajstić information content (AvgIpc) is 2.32. The SMILES string of the molecule is CSc1nnc(C(C)(C)C)o1. The molecule has 62 valence electrons. The van der Waals surface area contributed by atoms with E-state index in [1.165, 1.54) is 11.8 Å². The predicted octanol–water partition coefficient (Wildman–Crippen LogP) is 2.09. The Bertz CT molecular complexity index is 239. The molecule has 0 fully saturated rings. The van der Waals surface area contributed by atoms with Gasteiger partial charge in [0.05, 0.1) is 0 Å². The summed E-state index contributed by atoms with van der Waals surface area (Å²) in [7, 11) is 0. The fraction of sp³-hybridized carbons (Fsp3) is 0.714. The van der Waals surface area contributed by atoms with Gasteiger partial charge in [0, 0.05) is 5.41 Å². The van der Waals surface area contributed by atoms with Crippen molar-refractivity contribution < 1.29 is 4.42 Å². The van der Waals surface area contributed by atoms with Crippen LogP contribution in [0, 0.1) is 0 Å². The number of rotatable bonds is 1. The van der Waals surface area contributed by atoms with Crippen molar-refractivity contribution in [3.8, 4) is 0 Å². The maximum absolute atomic E-state index is 5.34. The van der Waals surface area contributed by atoms with E-state index in [2.05, 4.69) is 10.2 Å². The summed E-state index contributed by atoms with van der Waals surface area (Å²) < 4.78 is 5.34. The van der Waals surface area contributed by atoms with Gasteiger partial charge in [-0.25, -0.2) is 0 Å². The number of nitrogens with zero attached hydrogens (tertiary/aromatic N) is 2. The Kier molecular flexibility index (Phi) is 2.23. The number of thioether (sulfide) groups is 1. The molecular weight excluding hydrogens is 160 g/mol. The zero-order chi connectivity index (χ0) is 8.48. The van der Waals surface area contributed by atoms with Gasteiger partial charge in [0.2, 0.25) is 5.89 Å². The van der Waals surface area contributed by atoms with E-state index in [1.807, 2.05) is 27.0 Å². The van der Waals surface area contributed by atoms with Gasteiger partial charge < -0.3 is 4.42 Å². The Hall–Kier alpha value is -0.510. The van der Waals surface area contributed by atoms with E-state index in [-0.39, 0.29) is 5.41 Å². The third-order valence-electron chi connectivity index (χ3n) is 1.22. The third kappa shape index (κ3) is 1.96. The van der Waals surface area contributed by atoms with Crippen molar-refractivity contribution >= 4 is 11.8 Å². The molecule has 0 radical (unpaired) electrons. The zero-order valence-corrected chi connectivity index (χ0v) is 8.03. The normalized spacial score (nSPS) is 12.0. The molecular formula is C7H12N2OS. The van der Waals surface area contributed by atoms with Crippen molar-refractivity contribution in [2.24, 2.45) is 0 Å². The largest absolute Gasteiger partial charge is 0.415 e. The van der Waals surface area contributed by atoms with Gasteiger partial charge in [0.15, 0.2) is 0 Å². The molecule has 1 aromatic rings. The van der Waals surface area contributed by atoms with Crippen LogP contribution in [0.4, 0.5) is 0 Å². The number of aromatic nitrogens is 2. The van der Waals surface area contributed by atoms with Crippen LogP contribution in [0.15, 0.2) is 9.64 Å². The molecule has 0 aliphatic carbocycles. The van der Waals surface area contributed by atoms with Gasteiger partial charge in [-0.05, 0) is 6.26 Å². The molecule has 0 saturated heterocycles. The van der Waals surface area contributed by atoms with Crippen molar-refractivity contribution in [3.63, 3.8) is 0 Å². The van der Waals surface area contributed by atoms with Crippen molar-refractivity contribution in [2.45, 2.75) is 31.4 Å². The monoisotopic (exact) mass is 172 g/mol. The van der Waals surface area contributed by atoms with E-state index in [1.54, 1.807) is 0 Å². The minimum absolute atomic E-state index is 0.0407. The molecule has 1 aromatic heterocycles. The summed E-state index contributed by atoms with van der Waals surface area (Å²) in [6.45, 7) is 6.14. The summed E-state index contributed by atoms with van der Waals surface area (Å²) in [5.41, 5.74) is -0.0407. The summed E-state index contributed by atoms with van der Waals surface area (Å²) in [5.74, 6) is 0.696. The first-order valence-electron chi connectivity index (χ1n) is 3.42. The second-order valence-corrected chi connectivity index (χ2v) is 4.08. The molecule has 4 heteroatoms.